The van der Waals surface area contributed by atoms with Crippen LogP contribution in [-0.4, -0.2) is 4.92 Å². The standard InChI is InChI=1S/C18H21NO2/c1-18(2,3)16-12-9-14(10-13-16)8-11-15-6-4-5-7-17(15)19(20)21/h4-7,9-10,12-13H,8,11H2,1-3H3. The minimum Gasteiger partial charge on any atom is -0.258 e. The first-order valence-electron chi connectivity index (χ1n) is 7.19. The Morgan fingerprint density at radius 3 is 2.14 bits per heavy atom. The molecule has 2 rings (SSSR count). The topological polar surface area (TPSA) is 43.1 Å². The van der Waals surface area contributed by atoms with Crippen molar-refractivity contribution in [1.29, 1.82) is 0 Å². The Morgan fingerprint density at radius 1 is 0.952 bits per heavy atom. The molecule has 2 aromatic rings. The smallest absolute Gasteiger partial charge is 0.258 e. The molecule has 0 aliphatic carbocycles. The molecular formula is C18H21NO2. The van der Waals surface area contributed by atoms with Crippen molar-refractivity contribution in [2.45, 2.75) is 39.0 Å². The number of nitrogens with zero attached hydrogens (tertiary/aromatic N) is 1. The Morgan fingerprint density at radius 2 is 1.57 bits per heavy atom. The zero-order valence-electron chi connectivity index (χ0n) is 12.8. The lowest BCUT2D eigenvalue weighted by Gasteiger charge is -2.19. The predicted octanol–water partition coefficient (Wildman–Crippen LogP) is 4.68. The first-order valence-corrected chi connectivity index (χ1v) is 7.19. The lowest BCUT2D eigenvalue weighted by molar-refractivity contribution is -0.385. The third-order valence-electron chi connectivity index (χ3n) is 3.69. The molecule has 21 heavy (non-hydrogen) atoms. The summed E-state index contributed by atoms with van der Waals surface area (Å²) in [6.45, 7) is 6.57. The van der Waals surface area contributed by atoms with Crippen molar-refractivity contribution in [2.24, 2.45) is 0 Å². The Hall–Kier alpha value is -2.16. The normalized spacial score (nSPS) is 11.4. The van der Waals surface area contributed by atoms with E-state index in [9.17, 15) is 10.1 Å². The third-order valence-corrected chi connectivity index (χ3v) is 3.69. The van der Waals surface area contributed by atoms with Crippen LogP contribution in [-0.2, 0) is 18.3 Å². The summed E-state index contributed by atoms with van der Waals surface area (Å²) in [7, 11) is 0. The van der Waals surface area contributed by atoms with Gasteiger partial charge in [0, 0.05) is 11.6 Å². The molecule has 0 amide bonds. The number of aryl methyl sites for hydroxylation is 2. The lowest BCUT2D eigenvalue weighted by atomic mass is 9.86. The van der Waals surface area contributed by atoms with Crippen LogP contribution in [0.15, 0.2) is 48.5 Å². The molecule has 110 valence electrons. The van der Waals surface area contributed by atoms with Crippen LogP contribution >= 0.6 is 0 Å². The average molecular weight is 283 g/mol. The second-order valence-corrected chi connectivity index (χ2v) is 6.33. The van der Waals surface area contributed by atoms with Crippen molar-refractivity contribution in [3.8, 4) is 0 Å². The first kappa shape index (κ1) is 15.2. The van der Waals surface area contributed by atoms with Crippen LogP contribution in [0.5, 0.6) is 0 Å². The van der Waals surface area contributed by atoms with Gasteiger partial charge in [-0.3, -0.25) is 10.1 Å². The zero-order chi connectivity index (χ0) is 15.5. The van der Waals surface area contributed by atoms with E-state index >= 15 is 0 Å². The van der Waals surface area contributed by atoms with Crippen LogP contribution in [0, 0.1) is 10.1 Å². The average Bonchev–Trinajstić information content (AvgIpc) is 2.45. The van der Waals surface area contributed by atoms with Gasteiger partial charge in [0.2, 0.25) is 0 Å². The number of para-hydroxylation sites is 1. The maximum Gasteiger partial charge on any atom is 0.272 e. The van der Waals surface area contributed by atoms with Gasteiger partial charge >= 0.3 is 0 Å². The molecule has 3 nitrogen and oxygen atoms in total. The van der Waals surface area contributed by atoms with Crippen molar-refractivity contribution >= 4 is 5.69 Å². The Balaban J connectivity index is 2.09. The summed E-state index contributed by atoms with van der Waals surface area (Å²) in [6, 6.07) is 15.5. The first-order chi connectivity index (χ1) is 9.88. The summed E-state index contributed by atoms with van der Waals surface area (Å²) in [4.78, 5) is 10.7. The van der Waals surface area contributed by atoms with E-state index in [0.717, 1.165) is 12.0 Å². The van der Waals surface area contributed by atoms with Crippen molar-refractivity contribution in [3.63, 3.8) is 0 Å². The molecule has 0 bridgehead atoms. The van der Waals surface area contributed by atoms with E-state index in [1.165, 1.54) is 11.1 Å². The highest BCUT2D eigenvalue weighted by molar-refractivity contribution is 5.40. The van der Waals surface area contributed by atoms with Crippen LogP contribution in [0.2, 0.25) is 0 Å². The van der Waals surface area contributed by atoms with Gasteiger partial charge in [-0.05, 0) is 29.4 Å². The molecule has 0 N–H and O–H groups in total. The molecule has 2 aromatic carbocycles. The fraction of sp³-hybridized carbons (Fsp3) is 0.333. The zero-order valence-corrected chi connectivity index (χ0v) is 12.8. The highest BCUT2D eigenvalue weighted by Gasteiger charge is 2.14. The molecule has 3 heteroatoms. The van der Waals surface area contributed by atoms with Crippen LogP contribution in [0.4, 0.5) is 5.69 Å². The van der Waals surface area contributed by atoms with Gasteiger partial charge in [0.15, 0.2) is 0 Å². The van der Waals surface area contributed by atoms with E-state index in [4.69, 9.17) is 0 Å². The molecule has 0 aromatic heterocycles. The van der Waals surface area contributed by atoms with E-state index in [2.05, 4.69) is 45.0 Å². The number of nitro benzene ring substituents is 1. The molecule has 0 unspecified atom stereocenters. The maximum atomic E-state index is 11.0. The van der Waals surface area contributed by atoms with Gasteiger partial charge in [-0.25, -0.2) is 0 Å². The molecule has 0 saturated carbocycles. The highest BCUT2D eigenvalue weighted by Crippen LogP contribution is 2.23. The summed E-state index contributed by atoms with van der Waals surface area (Å²) in [5, 5.41) is 11.0. The van der Waals surface area contributed by atoms with Gasteiger partial charge in [0.1, 0.15) is 0 Å². The lowest BCUT2D eigenvalue weighted by Crippen LogP contribution is -2.10. The van der Waals surface area contributed by atoms with Crippen LogP contribution in [0.1, 0.15) is 37.5 Å². The number of hydrogen-bond donors (Lipinski definition) is 0. The summed E-state index contributed by atoms with van der Waals surface area (Å²) in [5.41, 5.74) is 3.67. The summed E-state index contributed by atoms with van der Waals surface area (Å²) >= 11 is 0. The summed E-state index contributed by atoms with van der Waals surface area (Å²) in [6.07, 6.45) is 1.50. The van der Waals surface area contributed by atoms with Gasteiger partial charge < -0.3 is 0 Å². The summed E-state index contributed by atoms with van der Waals surface area (Å²) in [5.74, 6) is 0. The molecule has 0 saturated heterocycles. The maximum absolute atomic E-state index is 11.0. The fourth-order valence-corrected chi connectivity index (χ4v) is 2.35. The van der Waals surface area contributed by atoms with Crippen molar-refractivity contribution < 1.29 is 4.92 Å². The van der Waals surface area contributed by atoms with E-state index in [1.807, 2.05) is 12.1 Å². The number of nitro groups is 1. The molecule has 0 aliphatic rings. The minimum atomic E-state index is -0.308. The van der Waals surface area contributed by atoms with E-state index in [1.54, 1.807) is 12.1 Å². The van der Waals surface area contributed by atoms with E-state index < -0.39 is 0 Å². The van der Waals surface area contributed by atoms with E-state index in [-0.39, 0.29) is 16.0 Å². The molecule has 0 aliphatic heterocycles. The SMILES string of the molecule is CC(C)(C)c1ccc(CCc2ccccc2[N+](=O)[O-])cc1. The quantitative estimate of drug-likeness (QED) is 0.604. The number of rotatable bonds is 4. The Labute approximate surface area is 125 Å². The number of benzene rings is 2. The van der Waals surface area contributed by atoms with Crippen molar-refractivity contribution in [2.75, 3.05) is 0 Å². The van der Waals surface area contributed by atoms with Crippen molar-refractivity contribution in [3.05, 3.63) is 75.3 Å². The van der Waals surface area contributed by atoms with Gasteiger partial charge in [0.25, 0.3) is 5.69 Å². The molecule has 0 spiro atoms. The van der Waals surface area contributed by atoms with E-state index in [0.29, 0.717) is 6.42 Å². The minimum absolute atomic E-state index is 0.150. The molecular weight excluding hydrogens is 262 g/mol. The second kappa shape index (κ2) is 6.08. The van der Waals surface area contributed by atoms with Crippen molar-refractivity contribution in [1.82, 2.24) is 0 Å². The van der Waals surface area contributed by atoms with Gasteiger partial charge in [0.05, 0.1) is 4.92 Å². The van der Waals surface area contributed by atoms with Gasteiger partial charge in [-0.15, -0.1) is 0 Å². The third kappa shape index (κ3) is 3.91. The Bertz CT molecular complexity index is 624. The molecule has 0 radical (unpaired) electrons. The van der Waals surface area contributed by atoms with Crippen LogP contribution in [0.25, 0.3) is 0 Å². The molecule has 0 heterocycles. The Kier molecular flexibility index (Phi) is 4.41. The molecule has 0 atom stereocenters. The largest absolute Gasteiger partial charge is 0.272 e. The monoisotopic (exact) mass is 283 g/mol. The number of hydrogen-bond acceptors (Lipinski definition) is 2. The predicted molar refractivity (Wildman–Crippen MR) is 85.6 cm³/mol. The summed E-state index contributed by atoms with van der Waals surface area (Å²) < 4.78 is 0. The second-order valence-electron chi connectivity index (χ2n) is 6.33. The van der Waals surface area contributed by atoms with Gasteiger partial charge in [-0.1, -0.05) is 63.2 Å². The highest BCUT2D eigenvalue weighted by atomic mass is 16.6. The van der Waals surface area contributed by atoms with Gasteiger partial charge in [-0.2, -0.15) is 0 Å². The molecule has 0 fully saturated rings. The van der Waals surface area contributed by atoms with Crippen LogP contribution < -0.4 is 0 Å². The fourth-order valence-electron chi connectivity index (χ4n) is 2.35. The van der Waals surface area contributed by atoms with Crippen LogP contribution in [0.3, 0.4) is 0 Å².